The van der Waals surface area contributed by atoms with Gasteiger partial charge < -0.3 is 4.84 Å². The van der Waals surface area contributed by atoms with Crippen LogP contribution in [0, 0.1) is 10.5 Å². The molecule has 0 amide bonds. The maximum Gasteiger partial charge on any atom is 0.368 e. The second kappa shape index (κ2) is 7.81. The second-order valence-electron chi connectivity index (χ2n) is 5.83. The maximum atomic E-state index is 12.2. The third-order valence-electron chi connectivity index (χ3n) is 3.99. The molecular weight excluding hydrogens is 445 g/mol. The summed E-state index contributed by atoms with van der Waals surface area (Å²) >= 11 is 2.26. The van der Waals surface area contributed by atoms with Crippen LogP contribution in [0.4, 0.5) is 0 Å². The van der Waals surface area contributed by atoms with Crippen molar-refractivity contribution in [3.05, 3.63) is 73.2 Å². The monoisotopic (exact) mass is 463 g/mol. The third-order valence-corrected chi connectivity index (χ3v) is 4.66. The number of oxime groups is 1. The molecule has 134 valence electrons. The number of aromatic nitrogens is 4. The first kappa shape index (κ1) is 18.3. The summed E-state index contributed by atoms with van der Waals surface area (Å²) in [7, 11) is 1.56. The minimum atomic E-state index is -0.310. The summed E-state index contributed by atoms with van der Waals surface area (Å²) < 4.78 is 3.59. The van der Waals surface area contributed by atoms with Gasteiger partial charge in [0.05, 0.1) is 11.4 Å². The predicted molar refractivity (Wildman–Crippen MR) is 107 cm³/mol. The Morgan fingerprint density at radius 3 is 2.69 bits per heavy atom. The van der Waals surface area contributed by atoms with Gasteiger partial charge in [0.15, 0.2) is 0 Å². The molecule has 8 heteroatoms. The fourth-order valence-corrected chi connectivity index (χ4v) is 3.04. The molecule has 0 N–H and O–H groups in total. The van der Waals surface area contributed by atoms with Crippen molar-refractivity contribution in [2.24, 2.45) is 12.2 Å². The zero-order valence-corrected chi connectivity index (χ0v) is 16.8. The van der Waals surface area contributed by atoms with Gasteiger partial charge >= 0.3 is 5.69 Å². The molecule has 1 aromatic heterocycles. The van der Waals surface area contributed by atoms with Gasteiger partial charge in [-0.25, -0.2) is 4.79 Å². The van der Waals surface area contributed by atoms with Crippen molar-refractivity contribution in [1.29, 1.82) is 0 Å². The summed E-state index contributed by atoms with van der Waals surface area (Å²) in [6, 6.07) is 13.7. The smallest absolute Gasteiger partial charge is 0.368 e. The zero-order valence-electron chi connectivity index (χ0n) is 14.7. The lowest BCUT2D eigenvalue weighted by Crippen LogP contribution is -2.23. The molecule has 0 spiro atoms. The Hall–Kier alpha value is -2.49. The summed E-state index contributed by atoms with van der Waals surface area (Å²) in [4.78, 5) is 17.7. The van der Waals surface area contributed by atoms with Crippen LogP contribution in [-0.4, -0.2) is 25.5 Å². The van der Waals surface area contributed by atoms with Gasteiger partial charge in [-0.2, -0.15) is 9.36 Å². The molecule has 0 unspecified atom stereocenters. The van der Waals surface area contributed by atoms with Crippen LogP contribution >= 0.6 is 22.6 Å². The van der Waals surface area contributed by atoms with E-state index >= 15 is 0 Å². The first-order valence-electron chi connectivity index (χ1n) is 7.97. The Bertz CT molecular complexity index is 1020. The molecule has 0 fully saturated rings. The Kier molecular flexibility index (Phi) is 5.50. The van der Waals surface area contributed by atoms with Crippen LogP contribution in [0.25, 0.3) is 5.69 Å². The van der Waals surface area contributed by atoms with E-state index in [0.29, 0.717) is 5.69 Å². The number of nitrogens with zero attached hydrogens (tertiary/aromatic N) is 5. The van der Waals surface area contributed by atoms with Crippen molar-refractivity contribution >= 4 is 28.3 Å². The average molecular weight is 463 g/mol. The maximum absolute atomic E-state index is 12.2. The van der Waals surface area contributed by atoms with Gasteiger partial charge in [-0.1, -0.05) is 29.4 Å². The van der Waals surface area contributed by atoms with Gasteiger partial charge in [-0.05, 0) is 70.6 Å². The van der Waals surface area contributed by atoms with Crippen LogP contribution in [0.5, 0.6) is 0 Å². The Morgan fingerprint density at radius 1 is 1.23 bits per heavy atom. The molecule has 0 aliphatic rings. The Balaban J connectivity index is 1.85. The van der Waals surface area contributed by atoms with Gasteiger partial charge in [0, 0.05) is 21.7 Å². The molecule has 3 rings (SSSR count). The predicted octanol–water partition coefficient (Wildman–Crippen LogP) is 2.82. The quantitative estimate of drug-likeness (QED) is 0.332. The lowest BCUT2D eigenvalue weighted by Gasteiger charge is -2.10. The highest BCUT2D eigenvalue weighted by Crippen LogP contribution is 2.18. The standard InChI is InChI=1S/C18H18IN5O2/c1-12-6-4-9-17(24-18(25)23(3)21-22-24)16(12)11-26-20-13(2)14-7-5-8-15(19)10-14/h4-10H,11H2,1-3H3. The minimum absolute atomic E-state index is 0.228. The molecule has 0 saturated heterocycles. The molecular formula is C18H18IN5O2. The van der Waals surface area contributed by atoms with E-state index in [2.05, 4.69) is 38.2 Å². The van der Waals surface area contributed by atoms with Crippen molar-refractivity contribution < 1.29 is 4.84 Å². The zero-order chi connectivity index (χ0) is 18.7. The van der Waals surface area contributed by atoms with E-state index in [0.717, 1.165) is 26.0 Å². The molecule has 0 aliphatic carbocycles. The molecule has 0 atom stereocenters. The lowest BCUT2D eigenvalue weighted by molar-refractivity contribution is 0.130. The number of rotatable bonds is 5. The highest BCUT2D eigenvalue weighted by atomic mass is 127. The Labute approximate surface area is 164 Å². The van der Waals surface area contributed by atoms with E-state index in [1.807, 2.05) is 56.3 Å². The molecule has 26 heavy (non-hydrogen) atoms. The molecule has 2 aromatic carbocycles. The Morgan fingerprint density at radius 2 is 2.00 bits per heavy atom. The number of tetrazole rings is 1. The molecule has 0 aliphatic heterocycles. The van der Waals surface area contributed by atoms with E-state index in [4.69, 9.17) is 4.84 Å². The van der Waals surface area contributed by atoms with Crippen molar-refractivity contribution in [2.45, 2.75) is 20.5 Å². The van der Waals surface area contributed by atoms with Crippen molar-refractivity contribution in [2.75, 3.05) is 0 Å². The molecule has 3 aromatic rings. The highest BCUT2D eigenvalue weighted by molar-refractivity contribution is 14.1. The van der Waals surface area contributed by atoms with E-state index in [9.17, 15) is 4.79 Å². The van der Waals surface area contributed by atoms with Gasteiger partial charge in [0.2, 0.25) is 0 Å². The third kappa shape index (κ3) is 3.85. The fraction of sp³-hybridized carbons (Fsp3) is 0.222. The first-order chi connectivity index (χ1) is 12.5. The van der Waals surface area contributed by atoms with Crippen LogP contribution in [0.3, 0.4) is 0 Å². The normalized spacial score (nSPS) is 11.6. The number of aryl methyl sites for hydroxylation is 2. The van der Waals surface area contributed by atoms with E-state index in [1.54, 1.807) is 7.05 Å². The van der Waals surface area contributed by atoms with Gasteiger partial charge in [-0.3, -0.25) is 0 Å². The van der Waals surface area contributed by atoms with Crippen LogP contribution in [0.15, 0.2) is 52.4 Å². The molecule has 0 radical (unpaired) electrons. The largest absolute Gasteiger partial charge is 0.391 e. The summed E-state index contributed by atoms with van der Waals surface area (Å²) in [5, 5.41) is 11.9. The lowest BCUT2D eigenvalue weighted by atomic mass is 10.1. The molecule has 7 nitrogen and oxygen atoms in total. The summed E-state index contributed by atoms with van der Waals surface area (Å²) in [6.07, 6.45) is 0. The summed E-state index contributed by atoms with van der Waals surface area (Å²) in [6.45, 7) is 4.09. The van der Waals surface area contributed by atoms with E-state index in [-0.39, 0.29) is 12.3 Å². The van der Waals surface area contributed by atoms with Gasteiger partial charge in [0.1, 0.15) is 6.61 Å². The van der Waals surface area contributed by atoms with Crippen molar-refractivity contribution in [3.63, 3.8) is 0 Å². The summed E-state index contributed by atoms with van der Waals surface area (Å²) in [5.41, 5.74) is 3.96. The summed E-state index contributed by atoms with van der Waals surface area (Å²) in [5.74, 6) is 0. The van der Waals surface area contributed by atoms with Crippen LogP contribution < -0.4 is 5.69 Å². The average Bonchev–Trinajstić information content (AvgIpc) is 2.95. The number of benzene rings is 2. The van der Waals surface area contributed by atoms with Gasteiger partial charge in [0.25, 0.3) is 0 Å². The van der Waals surface area contributed by atoms with Crippen LogP contribution in [0.2, 0.25) is 0 Å². The number of hydrogen-bond acceptors (Lipinski definition) is 5. The van der Waals surface area contributed by atoms with E-state index < -0.39 is 0 Å². The van der Waals surface area contributed by atoms with Gasteiger partial charge in [-0.15, -0.1) is 0 Å². The first-order valence-corrected chi connectivity index (χ1v) is 9.05. The van der Waals surface area contributed by atoms with Crippen molar-refractivity contribution in [3.8, 4) is 5.69 Å². The minimum Gasteiger partial charge on any atom is -0.391 e. The molecule has 0 saturated carbocycles. The second-order valence-corrected chi connectivity index (χ2v) is 7.08. The van der Waals surface area contributed by atoms with E-state index in [1.165, 1.54) is 9.36 Å². The molecule has 0 bridgehead atoms. The number of halogens is 1. The van der Waals surface area contributed by atoms with Crippen LogP contribution in [-0.2, 0) is 18.5 Å². The van der Waals surface area contributed by atoms with Crippen LogP contribution in [0.1, 0.15) is 23.6 Å². The number of hydrogen-bond donors (Lipinski definition) is 0. The SMILES string of the molecule is CC(=NOCc1c(C)cccc1-n1nnn(C)c1=O)c1cccc(I)c1. The highest BCUT2D eigenvalue weighted by Gasteiger charge is 2.13. The fourth-order valence-electron chi connectivity index (χ4n) is 2.50. The van der Waals surface area contributed by atoms with Crippen molar-refractivity contribution in [1.82, 2.24) is 19.8 Å². The topological polar surface area (TPSA) is 74.3 Å². The molecule has 1 heterocycles.